The van der Waals surface area contributed by atoms with Crippen LogP contribution in [0.5, 0.6) is 5.75 Å². The number of ether oxygens (including phenoxy) is 5. The number of amides is 2. The molecular weight excluding hydrogens is 652 g/mol. The van der Waals surface area contributed by atoms with Crippen molar-refractivity contribution in [2.45, 2.75) is 88.1 Å². The highest BCUT2D eigenvalue weighted by molar-refractivity contribution is 8.01. The molecule has 1 aromatic rings. The molecule has 1 aromatic carbocycles. The zero-order valence-electron chi connectivity index (χ0n) is 28.3. The second-order valence-electron chi connectivity index (χ2n) is 13.6. The topological polar surface area (TPSA) is 150 Å². The first-order valence-corrected chi connectivity index (χ1v) is 18.6. The van der Waals surface area contributed by atoms with Gasteiger partial charge in [-0.25, -0.2) is 4.79 Å². The highest BCUT2D eigenvalue weighted by Gasteiger charge is 2.63. The number of hydrogen-bond donors (Lipinski definition) is 3. The molecular formula is C33H47ClN2O10S. The normalized spacial score (nSPS) is 33.8. The molecule has 2 amide bonds. The van der Waals surface area contributed by atoms with Gasteiger partial charge in [-0.15, -0.1) is 9.93 Å². The fourth-order valence-corrected chi connectivity index (χ4v) is 7.51. The quantitative estimate of drug-likeness (QED) is 0.298. The van der Waals surface area contributed by atoms with Crippen molar-refractivity contribution < 1.29 is 47.4 Å². The van der Waals surface area contributed by atoms with Gasteiger partial charge in [0, 0.05) is 32.8 Å². The van der Waals surface area contributed by atoms with Crippen molar-refractivity contribution in [3.8, 4) is 5.75 Å². The molecule has 0 radical (unpaired) electrons. The number of thiol groups is 1. The van der Waals surface area contributed by atoms with Gasteiger partial charge in [-0.05, 0) is 57.4 Å². The second-order valence-corrected chi connectivity index (χ2v) is 17.6. The van der Waals surface area contributed by atoms with E-state index in [2.05, 4.69) is 5.32 Å². The van der Waals surface area contributed by atoms with Crippen LogP contribution in [0.15, 0.2) is 35.9 Å². The Kier molecular flexibility index (Phi) is 10.9. The van der Waals surface area contributed by atoms with Crippen LogP contribution in [0, 0.1) is 0 Å². The van der Waals surface area contributed by atoms with Crippen molar-refractivity contribution in [1.29, 1.82) is 0 Å². The molecule has 2 fully saturated rings. The number of anilines is 1. The Hall–Kier alpha value is -2.97. The Morgan fingerprint density at radius 3 is 2.51 bits per heavy atom. The van der Waals surface area contributed by atoms with Gasteiger partial charge >= 0.3 is 12.1 Å². The molecule has 14 heteroatoms. The monoisotopic (exact) mass is 698 g/mol. The summed E-state index contributed by atoms with van der Waals surface area (Å²) in [4.78, 5) is 41.1. The lowest BCUT2D eigenvalue weighted by atomic mass is 9.72. The average Bonchev–Trinajstić information content (AvgIpc) is 2.96. The fraction of sp³-hybridized carbons (Fsp3) is 0.606. The van der Waals surface area contributed by atoms with Gasteiger partial charge in [0.15, 0.2) is 5.72 Å². The summed E-state index contributed by atoms with van der Waals surface area (Å²) in [6.45, 7) is 5.37. The van der Waals surface area contributed by atoms with Crippen molar-refractivity contribution in [3.05, 3.63) is 46.5 Å². The molecule has 0 aliphatic carbocycles. The molecule has 262 valence electrons. The number of rotatable bonds is 6. The van der Waals surface area contributed by atoms with E-state index in [0.717, 1.165) is 11.1 Å². The minimum atomic E-state index is -2.51. The molecule has 2 N–H and O–H groups in total. The summed E-state index contributed by atoms with van der Waals surface area (Å²) < 4.78 is 41.4. The molecule has 6 bridgehead atoms. The van der Waals surface area contributed by atoms with Crippen LogP contribution in [0.1, 0.15) is 52.0 Å². The van der Waals surface area contributed by atoms with Gasteiger partial charge in [0.05, 0.1) is 25.6 Å². The molecule has 6 atom stereocenters. The molecule has 0 aromatic heterocycles. The summed E-state index contributed by atoms with van der Waals surface area (Å²) in [6.07, 6.45) is 4.93. The Balaban J connectivity index is 1.78. The number of benzene rings is 1. The molecule has 4 aliphatic rings. The molecule has 12 nitrogen and oxygen atoms in total. The maximum Gasteiger partial charge on any atom is 0.409 e. The number of carbonyl (C=O) groups excluding carboxylic acids is 3. The number of esters is 1. The summed E-state index contributed by atoms with van der Waals surface area (Å²) in [7, 11) is 2.00. The molecule has 0 spiro atoms. The smallest absolute Gasteiger partial charge is 0.409 e. The molecule has 4 heterocycles. The van der Waals surface area contributed by atoms with Crippen LogP contribution in [-0.2, 0) is 44.9 Å². The third-order valence-corrected chi connectivity index (χ3v) is 10.7. The van der Waals surface area contributed by atoms with E-state index in [0.29, 0.717) is 17.9 Å². The summed E-state index contributed by atoms with van der Waals surface area (Å²) in [6, 6.07) is 3.59. The van der Waals surface area contributed by atoms with E-state index in [1.54, 1.807) is 57.7 Å². The van der Waals surface area contributed by atoms with Crippen LogP contribution in [0.2, 0.25) is 5.02 Å². The number of halogens is 1. The number of hydrogen-bond acceptors (Lipinski definition) is 10. The largest absolute Gasteiger partial charge is 0.495 e. The van der Waals surface area contributed by atoms with Crippen molar-refractivity contribution in [3.63, 3.8) is 0 Å². The molecule has 4 aliphatic heterocycles. The van der Waals surface area contributed by atoms with E-state index in [9.17, 15) is 23.7 Å². The number of methoxy groups -OCH3 is 2. The van der Waals surface area contributed by atoms with Crippen molar-refractivity contribution in [2.75, 3.05) is 44.4 Å². The van der Waals surface area contributed by atoms with Crippen molar-refractivity contribution in [2.24, 2.45) is 0 Å². The number of allylic oxidation sites excluding steroid dienone is 3. The summed E-state index contributed by atoms with van der Waals surface area (Å²) >= 11 is 6.70. The van der Waals surface area contributed by atoms with E-state index in [1.807, 2.05) is 13.0 Å². The lowest BCUT2D eigenvalue weighted by Crippen LogP contribution is -2.72. The number of nitrogens with one attached hydrogen (secondary N) is 1. The first kappa shape index (κ1) is 36.9. The Labute approximate surface area is 282 Å². The first-order valence-electron chi connectivity index (χ1n) is 15.5. The number of aliphatic hydroxyl groups is 1. The van der Waals surface area contributed by atoms with Gasteiger partial charge in [-0.2, -0.15) is 0 Å². The Bertz CT molecular complexity index is 1500. The highest BCUT2D eigenvalue weighted by atomic mass is 35.5. The first-order chi connectivity index (χ1) is 21.8. The second kappa shape index (κ2) is 13.9. The van der Waals surface area contributed by atoms with Crippen LogP contribution >= 0.6 is 11.6 Å². The van der Waals surface area contributed by atoms with E-state index >= 15 is 0 Å². The lowest BCUT2D eigenvalue weighted by molar-refractivity contribution is -0.328. The van der Waals surface area contributed by atoms with Crippen LogP contribution < -0.4 is 15.0 Å². The van der Waals surface area contributed by atoms with Crippen LogP contribution in [0.25, 0.3) is 0 Å². The van der Waals surface area contributed by atoms with Gasteiger partial charge in [0.25, 0.3) is 0 Å². The minimum Gasteiger partial charge on any atom is -0.495 e. The zero-order valence-corrected chi connectivity index (χ0v) is 29.9. The molecule has 5 rings (SSSR count). The molecule has 0 saturated carbocycles. The Morgan fingerprint density at radius 1 is 1.21 bits per heavy atom. The predicted octanol–water partition coefficient (Wildman–Crippen LogP) is 3.48. The van der Waals surface area contributed by atoms with Crippen molar-refractivity contribution >= 4 is 45.2 Å². The van der Waals surface area contributed by atoms with E-state index in [1.165, 1.54) is 19.1 Å². The number of alkyl carbamates (subject to hydrolysis) is 1. The lowest BCUT2D eigenvalue weighted by Gasteiger charge is -2.59. The van der Waals surface area contributed by atoms with Gasteiger partial charge < -0.3 is 33.7 Å². The number of nitrogens with zero attached hydrogens (tertiary/aromatic N) is 1. The zero-order chi connectivity index (χ0) is 34.9. The highest BCUT2D eigenvalue weighted by Crippen LogP contribution is 2.50. The molecule has 1 unspecified atom stereocenters. The molecule has 2 saturated heterocycles. The van der Waals surface area contributed by atoms with Crippen molar-refractivity contribution in [1.82, 2.24) is 5.32 Å². The number of fused-ring (bicyclic) bond motifs is 6. The minimum absolute atomic E-state index is 0.0740. The molecule has 47 heavy (non-hydrogen) atoms. The fourth-order valence-electron chi connectivity index (χ4n) is 6.48. The van der Waals surface area contributed by atoms with E-state index in [4.69, 9.17) is 35.3 Å². The SMILES string of the molecule is COc1cc2cc(c1Cl)N(C)C(=O)C[C@H](OC(=O)CC[SH](C)(C)=O)[C@@]1(C)CC(C)(O1)[C@@H]1C[C@@](O)(NC(=O)O1)[C@H](OC)/C=C/C=C(\C)C2. The van der Waals surface area contributed by atoms with Crippen LogP contribution in [0.4, 0.5) is 10.5 Å². The average molecular weight is 699 g/mol. The standard InChI is InChI=1S/C33H47ClN2O10S/c1-20-10-9-11-24(43-6)33(40)18-26(45-30(39)35-33)32(3)19-31(2,46-32)25(44-28(38)12-13-47(7,8)41)17-27(37)36(4)22-15-21(14-20)16-23(42-5)29(22)34/h9-11,15-16,24-26,40,47H,12-14,17-19H2,1-8H3,(H,35,39)/b11-9+,20-10+/t24-,25+,26+,31-,32?,33+/m1/s1. The summed E-state index contributed by atoms with van der Waals surface area (Å²) in [5.41, 5.74) is -1.94. The third kappa shape index (κ3) is 8.37. The van der Waals surface area contributed by atoms with Gasteiger partial charge in [0.1, 0.15) is 40.3 Å². The summed E-state index contributed by atoms with van der Waals surface area (Å²) in [5, 5.41) is 14.4. The van der Waals surface area contributed by atoms with E-state index < -0.39 is 63.1 Å². The maximum atomic E-state index is 13.9. The van der Waals surface area contributed by atoms with E-state index in [-0.39, 0.29) is 36.5 Å². The Morgan fingerprint density at radius 2 is 1.89 bits per heavy atom. The van der Waals surface area contributed by atoms with Gasteiger partial charge in [-0.3, -0.25) is 19.1 Å². The van der Waals surface area contributed by atoms with Crippen LogP contribution in [0.3, 0.4) is 0 Å². The summed E-state index contributed by atoms with van der Waals surface area (Å²) in [5.74, 6) is -0.490. The maximum absolute atomic E-state index is 13.9. The third-order valence-electron chi connectivity index (χ3n) is 8.99. The van der Waals surface area contributed by atoms with Gasteiger partial charge in [-0.1, -0.05) is 35.4 Å². The predicted molar refractivity (Wildman–Crippen MR) is 180 cm³/mol. The number of carbonyl (C=O) groups is 3. The van der Waals surface area contributed by atoms with Gasteiger partial charge in [0.2, 0.25) is 5.91 Å². The van der Waals surface area contributed by atoms with Crippen LogP contribution in [-0.4, -0.2) is 102 Å².